The first-order valence-corrected chi connectivity index (χ1v) is 26.9. The van der Waals surface area contributed by atoms with E-state index < -0.39 is 0 Å². The van der Waals surface area contributed by atoms with E-state index in [-0.39, 0.29) is 0 Å². The summed E-state index contributed by atoms with van der Waals surface area (Å²) in [4.78, 5) is 41.9. The summed E-state index contributed by atoms with van der Waals surface area (Å²) in [5, 5.41) is 12.3. The lowest BCUT2D eigenvalue weighted by Gasteiger charge is -2.13. The topological polar surface area (TPSA) is 109 Å². The summed E-state index contributed by atoms with van der Waals surface area (Å²) in [6, 6.07) is 85.6. The molecular formula is C72H42N8. The largest absolute Gasteiger partial charge is 0.324 e. The highest BCUT2D eigenvalue weighted by atomic mass is 15.1. The van der Waals surface area contributed by atoms with Gasteiger partial charge in [-0.1, -0.05) is 218 Å². The van der Waals surface area contributed by atoms with Crippen LogP contribution in [-0.4, -0.2) is 39.9 Å². The molecular weight excluding hydrogens is 977 g/mol. The minimum absolute atomic E-state index is 0.531. The van der Waals surface area contributed by atoms with Gasteiger partial charge in [0.1, 0.15) is 22.6 Å². The maximum atomic E-state index is 5.75. The van der Waals surface area contributed by atoms with E-state index >= 15 is 0 Å². The lowest BCUT2D eigenvalue weighted by atomic mass is 9.90. The Morgan fingerprint density at radius 1 is 0.212 bits per heavy atom. The lowest BCUT2D eigenvalue weighted by Crippen LogP contribution is -1.91. The first kappa shape index (κ1) is 44.2. The van der Waals surface area contributed by atoms with Gasteiger partial charge in [0.05, 0.1) is 0 Å². The standard InChI is InChI=1S/C72H42N8/c1-5-21-41(22-6-1)57-49-33-17-13-29-45(49)37-53-61(57)69-73-65(53)78-70-63-55(39-47-31-15-19-35-51(47)59(63)43-25-9-3-10-26-43)67(75-70)80-72-64-56(40-48-32-16-20-36-52(48)60(64)44-27-11-4-12-28-44)68(76-72)79-71-62-54(66(74-71)77-69)38-46-30-14-18-34-50(46)58(62)42-23-7-2-8-24-42/h1-40H,(H2,73,74,75,76,77,78,79,80). The average molecular weight is 1020 g/mol. The van der Waals surface area contributed by atoms with Crippen LogP contribution >= 0.6 is 0 Å². The van der Waals surface area contributed by atoms with Crippen LogP contribution in [-0.2, 0) is 0 Å². The van der Waals surface area contributed by atoms with Crippen molar-refractivity contribution in [1.82, 2.24) is 39.9 Å². The van der Waals surface area contributed by atoms with Gasteiger partial charge in [-0.2, -0.15) is 0 Å². The number of benzene rings is 12. The molecule has 8 nitrogen and oxygen atoms in total. The Bertz CT molecular complexity index is 4950. The maximum absolute atomic E-state index is 5.75. The molecule has 5 heterocycles. The van der Waals surface area contributed by atoms with E-state index in [9.17, 15) is 0 Å². The van der Waals surface area contributed by atoms with Gasteiger partial charge in [-0.05, 0) is 89.6 Å². The summed E-state index contributed by atoms with van der Waals surface area (Å²) < 4.78 is 0. The average Bonchev–Trinajstić information content (AvgIpc) is 4.41. The molecule has 80 heavy (non-hydrogen) atoms. The van der Waals surface area contributed by atoms with Gasteiger partial charge in [-0.25, -0.2) is 29.9 Å². The SMILES string of the molecule is c1ccc(-c2c3c(cc4ccccc24)-c2nc-3nc3[nH]c(nc4nc(nc5[nH]c(n2)c2c(-c6ccccc6)c6ccccc6cc52)-c2c-4cc4ccccc4c2-c2ccccc2)c2c(-c4ccccc4)c4ccccc4cc32)cc1. The van der Waals surface area contributed by atoms with Crippen molar-refractivity contribution in [3.05, 3.63) is 243 Å². The molecule has 15 aromatic rings. The lowest BCUT2D eigenvalue weighted by molar-refractivity contribution is 1.19. The molecule has 0 saturated heterocycles. The number of aromatic amines is 2. The Morgan fingerprint density at radius 2 is 0.500 bits per heavy atom. The number of hydrogen-bond donors (Lipinski definition) is 2. The molecule has 2 aliphatic heterocycles. The van der Waals surface area contributed by atoms with Crippen LogP contribution in [0.15, 0.2) is 243 Å². The van der Waals surface area contributed by atoms with Crippen molar-refractivity contribution in [3.63, 3.8) is 0 Å². The minimum Gasteiger partial charge on any atom is -0.324 e. The van der Waals surface area contributed by atoms with Crippen LogP contribution in [0.25, 0.3) is 177 Å². The molecule has 8 heteroatoms. The number of nitrogens with zero attached hydrogens (tertiary/aromatic N) is 6. The van der Waals surface area contributed by atoms with Crippen molar-refractivity contribution in [3.8, 4) is 90.1 Å². The Kier molecular flexibility index (Phi) is 9.54. The van der Waals surface area contributed by atoms with Crippen LogP contribution in [0.3, 0.4) is 0 Å². The molecule has 0 unspecified atom stereocenters. The number of nitrogens with one attached hydrogen (secondary N) is 2. The predicted molar refractivity (Wildman–Crippen MR) is 328 cm³/mol. The third-order valence-electron chi connectivity index (χ3n) is 16.1. The molecule has 12 aromatic carbocycles. The number of rotatable bonds is 4. The molecule has 8 bridgehead atoms. The first-order chi connectivity index (χ1) is 39.7. The maximum Gasteiger partial charge on any atom is 0.165 e. The van der Waals surface area contributed by atoms with Crippen LogP contribution < -0.4 is 0 Å². The number of fused-ring (bicyclic) bond motifs is 24. The van der Waals surface area contributed by atoms with Crippen LogP contribution in [0.2, 0.25) is 0 Å². The van der Waals surface area contributed by atoms with Crippen LogP contribution in [0.4, 0.5) is 0 Å². The Labute approximate surface area is 457 Å². The van der Waals surface area contributed by atoms with Gasteiger partial charge in [-0.15, -0.1) is 0 Å². The van der Waals surface area contributed by atoms with Crippen molar-refractivity contribution < 1.29 is 0 Å². The summed E-state index contributed by atoms with van der Waals surface area (Å²) in [6.07, 6.45) is 0. The van der Waals surface area contributed by atoms with Gasteiger partial charge in [-0.3, -0.25) is 0 Å². The fraction of sp³-hybridized carbons (Fsp3) is 0. The predicted octanol–water partition coefficient (Wildman–Crippen LogP) is 18.1. The second-order valence-electron chi connectivity index (χ2n) is 20.7. The first-order valence-electron chi connectivity index (χ1n) is 26.9. The van der Waals surface area contributed by atoms with Crippen molar-refractivity contribution in [2.45, 2.75) is 0 Å². The molecule has 0 fully saturated rings. The quantitative estimate of drug-likeness (QED) is 0.182. The zero-order valence-electron chi connectivity index (χ0n) is 42.8. The normalized spacial score (nSPS) is 12.0. The number of H-pyrrole nitrogens is 2. The van der Waals surface area contributed by atoms with Crippen LogP contribution in [0.5, 0.6) is 0 Å². The molecule has 17 rings (SSSR count). The highest BCUT2D eigenvalue weighted by Gasteiger charge is 2.30. The van der Waals surface area contributed by atoms with E-state index in [0.29, 0.717) is 45.9 Å². The monoisotopic (exact) mass is 1020 g/mol. The summed E-state index contributed by atoms with van der Waals surface area (Å²) >= 11 is 0. The Morgan fingerprint density at radius 3 is 0.863 bits per heavy atom. The fourth-order valence-electron chi connectivity index (χ4n) is 12.7. The molecule has 0 amide bonds. The van der Waals surface area contributed by atoms with Crippen LogP contribution in [0, 0.1) is 0 Å². The third kappa shape index (κ3) is 6.69. The van der Waals surface area contributed by atoms with Crippen molar-refractivity contribution >= 4 is 87.2 Å². The van der Waals surface area contributed by atoms with Gasteiger partial charge in [0, 0.05) is 66.1 Å². The summed E-state index contributed by atoms with van der Waals surface area (Å²) in [7, 11) is 0. The highest BCUT2D eigenvalue weighted by Crippen LogP contribution is 2.50. The van der Waals surface area contributed by atoms with Crippen LogP contribution in [0.1, 0.15) is 0 Å². The minimum atomic E-state index is 0.531. The zero-order chi connectivity index (χ0) is 52.4. The molecule has 2 aliphatic rings. The summed E-state index contributed by atoms with van der Waals surface area (Å²) in [6.45, 7) is 0. The van der Waals surface area contributed by atoms with Gasteiger partial charge in [0.25, 0.3) is 0 Å². The smallest absolute Gasteiger partial charge is 0.165 e. The third-order valence-corrected chi connectivity index (χ3v) is 16.1. The second-order valence-corrected chi connectivity index (χ2v) is 20.7. The van der Waals surface area contributed by atoms with E-state index in [2.05, 4.69) is 253 Å². The number of aromatic nitrogens is 8. The zero-order valence-corrected chi connectivity index (χ0v) is 42.8. The molecule has 0 radical (unpaired) electrons. The van der Waals surface area contributed by atoms with E-state index in [1.165, 1.54) is 0 Å². The molecule has 0 spiro atoms. The van der Waals surface area contributed by atoms with Gasteiger partial charge >= 0.3 is 0 Å². The Balaban J connectivity index is 1.13. The van der Waals surface area contributed by atoms with Crippen molar-refractivity contribution in [1.29, 1.82) is 0 Å². The van der Waals surface area contributed by atoms with Gasteiger partial charge < -0.3 is 9.97 Å². The van der Waals surface area contributed by atoms with Crippen molar-refractivity contribution in [2.24, 2.45) is 0 Å². The van der Waals surface area contributed by atoms with Gasteiger partial charge in [0.15, 0.2) is 23.3 Å². The molecule has 0 saturated carbocycles. The molecule has 0 atom stereocenters. The fourth-order valence-corrected chi connectivity index (χ4v) is 12.7. The molecule has 2 N–H and O–H groups in total. The highest BCUT2D eigenvalue weighted by molar-refractivity contribution is 6.23. The second kappa shape index (κ2) is 17.3. The van der Waals surface area contributed by atoms with E-state index in [4.69, 9.17) is 29.9 Å². The molecule has 3 aromatic heterocycles. The number of hydrogen-bond acceptors (Lipinski definition) is 6. The molecule has 0 aliphatic carbocycles. The van der Waals surface area contributed by atoms with E-state index in [0.717, 1.165) is 131 Å². The van der Waals surface area contributed by atoms with E-state index in [1.54, 1.807) is 0 Å². The summed E-state index contributed by atoms with van der Waals surface area (Å²) in [5.74, 6) is 2.13. The Hall–Kier alpha value is -11.0. The summed E-state index contributed by atoms with van der Waals surface area (Å²) in [5.41, 5.74) is 14.4. The van der Waals surface area contributed by atoms with Crippen molar-refractivity contribution in [2.75, 3.05) is 0 Å². The van der Waals surface area contributed by atoms with E-state index in [1.807, 2.05) is 0 Å². The molecule has 370 valence electrons. The van der Waals surface area contributed by atoms with Gasteiger partial charge in [0.2, 0.25) is 0 Å².